The molecule has 6 nitrogen and oxygen atoms in total. The molecule has 1 unspecified atom stereocenters. The van der Waals surface area contributed by atoms with Crippen molar-refractivity contribution in [3.05, 3.63) is 48.5 Å². The standard InChI is InChI=1S/C17H21N3O3S/c18-16-11-13(20-24(21,22)15-6-2-1-3-7-15)8-9-17(16)19-12-14-5-4-10-23-14/h1-3,6-9,11,14,19-20H,4-5,10,12,18H2. The highest BCUT2D eigenvalue weighted by molar-refractivity contribution is 7.92. The maximum absolute atomic E-state index is 12.3. The number of ether oxygens (including phenoxy) is 1. The molecule has 0 saturated carbocycles. The first-order valence-corrected chi connectivity index (χ1v) is 9.36. The van der Waals surface area contributed by atoms with Crippen molar-refractivity contribution in [2.45, 2.75) is 23.8 Å². The summed E-state index contributed by atoms with van der Waals surface area (Å²) in [6, 6.07) is 13.3. The van der Waals surface area contributed by atoms with Crippen LogP contribution in [-0.2, 0) is 14.8 Å². The summed E-state index contributed by atoms with van der Waals surface area (Å²) in [5.41, 5.74) is 7.71. The highest BCUT2D eigenvalue weighted by atomic mass is 32.2. The SMILES string of the molecule is Nc1cc(NS(=O)(=O)c2ccccc2)ccc1NCC1CCCO1. The van der Waals surface area contributed by atoms with E-state index in [-0.39, 0.29) is 11.0 Å². The fourth-order valence-corrected chi connectivity index (χ4v) is 3.70. The fraction of sp³-hybridized carbons (Fsp3) is 0.294. The third-order valence-corrected chi connectivity index (χ3v) is 5.30. The van der Waals surface area contributed by atoms with Crippen LogP contribution < -0.4 is 15.8 Å². The highest BCUT2D eigenvalue weighted by Crippen LogP contribution is 2.25. The molecule has 1 heterocycles. The van der Waals surface area contributed by atoms with E-state index in [0.717, 1.165) is 25.1 Å². The minimum atomic E-state index is -3.61. The summed E-state index contributed by atoms with van der Waals surface area (Å²) in [4.78, 5) is 0.212. The third kappa shape index (κ3) is 3.98. The van der Waals surface area contributed by atoms with Gasteiger partial charge in [0.25, 0.3) is 10.0 Å². The Morgan fingerprint density at radius 2 is 1.96 bits per heavy atom. The first-order valence-electron chi connectivity index (χ1n) is 7.87. The molecule has 0 amide bonds. The molecule has 0 aromatic heterocycles. The Bertz CT molecular complexity index is 788. The predicted octanol–water partition coefficient (Wildman–Crippen LogP) is 2.66. The number of rotatable bonds is 6. The third-order valence-electron chi connectivity index (χ3n) is 3.90. The van der Waals surface area contributed by atoms with E-state index in [1.165, 1.54) is 0 Å². The lowest BCUT2D eigenvalue weighted by molar-refractivity contribution is 0.120. The molecule has 0 radical (unpaired) electrons. The van der Waals surface area contributed by atoms with Crippen LogP contribution in [0.3, 0.4) is 0 Å². The summed E-state index contributed by atoms with van der Waals surface area (Å²) in [6.07, 6.45) is 2.34. The van der Waals surface area contributed by atoms with Crippen LogP contribution in [0, 0.1) is 0 Å². The van der Waals surface area contributed by atoms with Crippen molar-refractivity contribution in [2.24, 2.45) is 0 Å². The topological polar surface area (TPSA) is 93.5 Å². The Kier molecular flexibility index (Phi) is 4.92. The molecule has 0 aliphatic carbocycles. The number of nitrogens with one attached hydrogen (secondary N) is 2. The molecule has 0 spiro atoms. The number of hydrogen-bond acceptors (Lipinski definition) is 5. The number of nitrogens with two attached hydrogens (primary N) is 1. The normalized spacial score (nSPS) is 17.6. The van der Waals surface area contributed by atoms with Gasteiger partial charge in [0.1, 0.15) is 0 Å². The van der Waals surface area contributed by atoms with E-state index >= 15 is 0 Å². The van der Waals surface area contributed by atoms with Crippen LogP contribution in [0.4, 0.5) is 17.1 Å². The minimum Gasteiger partial charge on any atom is -0.397 e. The van der Waals surface area contributed by atoms with Gasteiger partial charge in [-0.25, -0.2) is 8.42 Å². The van der Waals surface area contributed by atoms with Crippen LogP contribution >= 0.6 is 0 Å². The van der Waals surface area contributed by atoms with E-state index in [4.69, 9.17) is 10.5 Å². The minimum absolute atomic E-state index is 0.209. The fourth-order valence-electron chi connectivity index (χ4n) is 2.63. The van der Waals surface area contributed by atoms with Crippen LogP contribution in [0.2, 0.25) is 0 Å². The van der Waals surface area contributed by atoms with Crippen molar-refractivity contribution in [3.63, 3.8) is 0 Å². The lowest BCUT2D eigenvalue weighted by atomic mass is 10.2. The molecule has 1 aliphatic heterocycles. The van der Waals surface area contributed by atoms with Crippen molar-refractivity contribution in [3.8, 4) is 0 Å². The molecule has 2 aromatic rings. The lowest BCUT2D eigenvalue weighted by Gasteiger charge is -2.15. The smallest absolute Gasteiger partial charge is 0.261 e. The van der Waals surface area contributed by atoms with Crippen LogP contribution in [0.15, 0.2) is 53.4 Å². The molecule has 1 aliphatic rings. The van der Waals surface area contributed by atoms with Crippen molar-refractivity contribution in [1.29, 1.82) is 0 Å². The first kappa shape index (κ1) is 16.6. The molecule has 2 aromatic carbocycles. The van der Waals surface area contributed by atoms with Gasteiger partial charge in [-0.2, -0.15) is 0 Å². The average Bonchev–Trinajstić information content (AvgIpc) is 3.08. The van der Waals surface area contributed by atoms with Crippen molar-refractivity contribution >= 4 is 27.1 Å². The summed E-state index contributed by atoms with van der Waals surface area (Å²) < 4.78 is 32.7. The second-order valence-electron chi connectivity index (χ2n) is 5.74. The van der Waals surface area contributed by atoms with Gasteiger partial charge in [0.05, 0.1) is 28.1 Å². The van der Waals surface area contributed by atoms with Gasteiger partial charge in [-0.3, -0.25) is 4.72 Å². The Balaban J connectivity index is 1.68. The maximum Gasteiger partial charge on any atom is 0.261 e. The largest absolute Gasteiger partial charge is 0.397 e. The quantitative estimate of drug-likeness (QED) is 0.699. The Morgan fingerprint density at radius 3 is 2.62 bits per heavy atom. The summed E-state index contributed by atoms with van der Waals surface area (Å²) in [7, 11) is -3.61. The predicted molar refractivity (Wildman–Crippen MR) is 95.6 cm³/mol. The Morgan fingerprint density at radius 1 is 1.17 bits per heavy atom. The molecule has 24 heavy (non-hydrogen) atoms. The maximum atomic E-state index is 12.3. The van der Waals surface area contributed by atoms with Crippen molar-refractivity contribution in [1.82, 2.24) is 0 Å². The zero-order valence-electron chi connectivity index (χ0n) is 13.2. The van der Waals surface area contributed by atoms with Crippen LogP contribution in [0.5, 0.6) is 0 Å². The van der Waals surface area contributed by atoms with Crippen molar-refractivity contribution in [2.75, 3.05) is 28.9 Å². The molecule has 0 bridgehead atoms. The molecular formula is C17H21N3O3S. The van der Waals surface area contributed by atoms with Gasteiger partial charge in [-0.15, -0.1) is 0 Å². The van der Waals surface area contributed by atoms with E-state index in [2.05, 4.69) is 10.0 Å². The van der Waals surface area contributed by atoms with Crippen molar-refractivity contribution < 1.29 is 13.2 Å². The van der Waals surface area contributed by atoms with E-state index in [1.807, 2.05) is 0 Å². The summed E-state index contributed by atoms with van der Waals surface area (Å²) >= 11 is 0. The number of hydrogen-bond donors (Lipinski definition) is 3. The molecule has 1 atom stereocenters. The molecule has 4 N–H and O–H groups in total. The molecule has 128 valence electrons. The van der Waals surface area contributed by atoms with Crippen LogP contribution in [0.1, 0.15) is 12.8 Å². The van der Waals surface area contributed by atoms with Gasteiger partial charge >= 0.3 is 0 Å². The molecular weight excluding hydrogens is 326 g/mol. The number of nitrogen functional groups attached to an aromatic ring is 1. The van der Waals surface area contributed by atoms with Crippen LogP contribution in [0.25, 0.3) is 0 Å². The Hall–Kier alpha value is -2.25. The first-order chi connectivity index (χ1) is 11.5. The van der Waals surface area contributed by atoms with Gasteiger partial charge in [-0.05, 0) is 43.2 Å². The Labute approximate surface area is 142 Å². The van der Waals surface area contributed by atoms with Gasteiger partial charge in [0, 0.05) is 13.2 Å². The van der Waals surface area contributed by atoms with E-state index < -0.39 is 10.0 Å². The van der Waals surface area contributed by atoms with E-state index in [0.29, 0.717) is 17.9 Å². The zero-order valence-corrected chi connectivity index (χ0v) is 14.1. The van der Waals surface area contributed by atoms with Gasteiger partial charge < -0.3 is 15.8 Å². The summed E-state index contributed by atoms with van der Waals surface area (Å²) in [6.45, 7) is 1.50. The molecule has 1 fully saturated rings. The highest BCUT2D eigenvalue weighted by Gasteiger charge is 2.16. The summed E-state index contributed by atoms with van der Waals surface area (Å²) in [5, 5.41) is 3.25. The second kappa shape index (κ2) is 7.11. The van der Waals surface area contributed by atoms with Gasteiger partial charge in [-0.1, -0.05) is 18.2 Å². The zero-order chi connectivity index (χ0) is 17.0. The number of sulfonamides is 1. The van der Waals surface area contributed by atoms with E-state index in [1.54, 1.807) is 48.5 Å². The monoisotopic (exact) mass is 347 g/mol. The number of benzene rings is 2. The molecule has 1 saturated heterocycles. The van der Waals surface area contributed by atoms with Gasteiger partial charge in [0.2, 0.25) is 0 Å². The second-order valence-corrected chi connectivity index (χ2v) is 7.42. The van der Waals surface area contributed by atoms with E-state index in [9.17, 15) is 8.42 Å². The summed E-state index contributed by atoms with van der Waals surface area (Å²) in [5.74, 6) is 0. The molecule has 7 heteroatoms. The van der Waals surface area contributed by atoms with Gasteiger partial charge in [0.15, 0.2) is 0 Å². The average molecular weight is 347 g/mol. The van der Waals surface area contributed by atoms with Crippen LogP contribution in [-0.4, -0.2) is 27.7 Å². The molecule has 3 rings (SSSR count). The lowest BCUT2D eigenvalue weighted by Crippen LogP contribution is -2.19. The number of anilines is 3.